The van der Waals surface area contributed by atoms with Crippen LogP contribution in [0.1, 0.15) is 26.3 Å². The van der Waals surface area contributed by atoms with Crippen LogP contribution in [0.5, 0.6) is 5.75 Å². The third kappa shape index (κ3) is 5.80. The topological polar surface area (TPSA) is 53.0 Å². The van der Waals surface area contributed by atoms with Crippen LogP contribution in [0.3, 0.4) is 0 Å². The third-order valence-corrected chi connectivity index (χ3v) is 3.67. The third-order valence-electron chi connectivity index (χ3n) is 3.67. The second-order valence-electron chi connectivity index (χ2n) is 6.57. The van der Waals surface area contributed by atoms with Gasteiger partial charge in [0, 0.05) is 20.1 Å². The number of carbonyl (C=O) groups excluding carboxylic acids is 1. The average Bonchev–Trinajstić information content (AvgIpc) is 2.44. The van der Waals surface area contributed by atoms with E-state index < -0.39 is 11.4 Å². The molecule has 0 saturated carbocycles. The number of halogens is 1. The number of likely N-dealkylation sites (N-methyl/N-ethyl adjacent to an activating group) is 2. The lowest BCUT2D eigenvalue weighted by Crippen LogP contribution is -2.48. The van der Waals surface area contributed by atoms with Crippen molar-refractivity contribution in [2.45, 2.75) is 39.0 Å². The number of benzene rings is 1. The van der Waals surface area contributed by atoms with Crippen molar-refractivity contribution in [1.82, 2.24) is 9.80 Å². The highest BCUT2D eigenvalue weighted by Crippen LogP contribution is 2.19. The molecule has 0 spiro atoms. The SMILES string of the molecule is COc1ccc(CN(C)C(=O)C(C)N(C)CC(C)(C)O)cc1F. The Bertz CT molecular complexity index is 543. The van der Waals surface area contributed by atoms with Crippen LogP contribution in [0.25, 0.3) is 0 Å². The Morgan fingerprint density at radius 2 is 2.00 bits per heavy atom. The predicted octanol–water partition coefficient (Wildman–Crippen LogP) is 1.88. The van der Waals surface area contributed by atoms with Crippen molar-refractivity contribution in [2.24, 2.45) is 0 Å². The fraction of sp³-hybridized carbons (Fsp3) is 0.588. The van der Waals surface area contributed by atoms with Crippen molar-refractivity contribution in [3.8, 4) is 5.75 Å². The van der Waals surface area contributed by atoms with E-state index in [-0.39, 0.29) is 17.7 Å². The van der Waals surface area contributed by atoms with Gasteiger partial charge in [0.05, 0.1) is 18.8 Å². The van der Waals surface area contributed by atoms with Crippen molar-refractivity contribution < 1.29 is 19.0 Å². The van der Waals surface area contributed by atoms with Crippen LogP contribution in [0.2, 0.25) is 0 Å². The molecule has 1 rings (SSSR count). The largest absolute Gasteiger partial charge is 0.494 e. The Kier molecular flexibility index (Phi) is 6.53. The second kappa shape index (κ2) is 7.75. The van der Waals surface area contributed by atoms with Crippen molar-refractivity contribution >= 4 is 5.91 Å². The number of methoxy groups -OCH3 is 1. The molecule has 1 N–H and O–H groups in total. The molecule has 0 aromatic heterocycles. The van der Waals surface area contributed by atoms with Gasteiger partial charge in [0.2, 0.25) is 5.91 Å². The number of hydrogen-bond acceptors (Lipinski definition) is 4. The standard InChI is InChI=1S/C17H27FN2O3/c1-12(20(5)11-17(2,3)22)16(21)19(4)10-13-7-8-15(23-6)14(18)9-13/h7-9,12,22H,10-11H2,1-6H3. The van der Waals surface area contributed by atoms with Crippen molar-refractivity contribution in [3.63, 3.8) is 0 Å². The van der Waals surface area contributed by atoms with E-state index >= 15 is 0 Å². The van der Waals surface area contributed by atoms with Gasteiger partial charge in [-0.15, -0.1) is 0 Å². The number of rotatable bonds is 7. The van der Waals surface area contributed by atoms with Gasteiger partial charge in [0.1, 0.15) is 0 Å². The first-order chi connectivity index (χ1) is 10.5. The molecule has 0 aliphatic rings. The lowest BCUT2D eigenvalue weighted by Gasteiger charge is -2.32. The predicted molar refractivity (Wildman–Crippen MR) is 87.8 cm³/mol. The minimum atomic E-state index is -0.874. The van der Waals surface area contributed by atoms with Gasteiger partial charge in [0.25, 0.3) is 0 Å². The van der Waals surface area contributed by atoms with Gasteiger partial charge >= 0.3 is 0 Å². The first-order valence-corrected chi connectivity index (χ1v) is 7.55. The van der Waals surface area contributed by atoms with E-state index in [0.717, 1.165) is 0 Å². The molecule has 5 nitrogen and oxygen atoms in total. The molecule has 23 heavy (non-hydrogen) atoms. The summed E-state index contributed by atoms with van der Waals surface area (Å²) in [6.45, 7) is 5.87. The maximum Gasteiger partial charge on any atom is 0.239 e. The summed E-state index contributed by atoms with van der Waals surface area (Å²) < 4.78 is 18.6. The minimum Gasteiger partial charge on any atom is -0.494 e. The van der Waals surface area contributed by atoms with Gasteiger partial charge < -0.3 is 14.7 Å². The number of nitrogens with zero attached hydrogens (tertiary/aromatic N) is 2. The molecule has 6 heteroatoms. The smallest absolute Gasteiger partial charge is 0.239 e. The lowest BCUT2D eigenvalue weighted by molar-refractivity contribution is -0.136. The summed E-state index contributed by atoms with van der Waals surface area (Å²) in [5.74, 6) is -0.355. The van der Waals surface area contributed by atoms with E-state index in [9.17, 15) is 14.3 Å². The van der Waals surface area contributed by atoms with Gasteiger partial charge in [-0.3, -0.25) is 9.69 Å². The van der Waals surface area contributed by atoms with Gasteiger partial charge in [-0.1, -0.05) is 6.07 Å². The van der Waals surface area contributed by atoms with Crippen LogP contribution < -0.4 is 4.74 Å². The Hall–Kier alpha value is -1.66. The molecule has 0 radical (unpaired) electrons. The fourth-order valence-electron chi connectivity index (χ4n) is 2.41. The van der Waals surface area contributed by atoms with Crippen LogP contribution >= 0.6 is 0 Å². The number of hydrogen-bond donors (Lipinski definition) is 1. The molecular formula is C17H27FN2O3. The Morgan fingerprint density at radius 3 is 2.48 bits per heavy atom. The second-order valence-corrected chi connectivity index (χ2v) is 6.57. The zero-order chi connectivity index (χ0) is 17.8. The molecule has 0 heterocycles. The van der Waals surface area contributed by atoms with E-state index in [4.69, 9.17) is 4.74 Å². The number of aliphatic hydroxyl groups is 1. The molecule has 0 saturated heterocycles. The molecule has 0 bridgehead atoms. The Balaban J connectivity index is 2.71. The summed E-state index contributed by atoms with van der Waals surface area (Å²) in [4.78, 5) is 15.8. The van der Waals surface area contributed by atoms with E-state index in [2.05, 4.69) is 0 Å². The molecule has 1 aromatic rings. The van der Waals surface area contributed by atoms with E-state index in [1.165, 1.54) is 13.2 Å². The number of amides is 1. The van der Waals surface area contributed by atoms with E-state index in [1.807, 2.05) is 0 Å². The normalized spacial score (nSPS) is 13.1. The molecule has 0 aliphatic heterocycles. The van der Waals surface area contributed by atoms with Crippen LogP contribution in [0, 0.1) is 5.82 Å². The van der Waals surface area contributed by atoms with E-state index in [0.29, 0.717) is 18.7 Å². The van der Waals surface area contributed by atoms with Gasteiger partial charge in [0.15, 0.2) is 11.6 Å². The summed E-state index contributed by atoms with van der Waals surface area (Å²) in [6, 6.07) is 4.27. The van der Waals surface area contributed by atoms with Crippen molar-refractivity contribution in [1.29, 1.82) is 0 Å². The summed E-state index contributed by atoms with van der Waals surface area (Å²) in [5, 5.41) is 9.85. The number of ether oxygens (including phenoxy) is 1. The lowest BCUT2D eigenvalue weighted by atomic mass is 10.1. The monoisotopic (exact) mass is 326 g/mol. The van der Waals surface area contributed by atoms with Crippen molar-refractivity contribution in [2.75, 3.05) is 27.7 Å². The van der Waals surface area contributed by atoms with Crippen LogP contribution in [-0.2, 0) is 11.3 Å². The Morgan fingerprint density at radius 1 is 1.39 bits per heavy atom. The molecule has 130 valence electrons. The summed E-state index contributed by atoms with van der Waals surface area (Å²) in [7, 11) is 4.88. The highest BCUT2D eigenvalue weighted by Gasteiger charge is 2.25. The summed E-state index contributed by atoms with van der Waals surface area (Å²) in [6.07, 6.45) is 0. The average molecular weight is 326 g/mol. The highest BCUT2D eigenvalue weighted by atomic mass is 19.1. The molecule has 1 unspecified atom stereocenters. The highest BCUT2D eigenvalue weighted by molar-refractivity contribution is 5.81. The molecule has 1 amide bonds. The van der Waals surface area contributed by atoms with Crippen LogP contribution in [-0.4, -0.2) is 60.2 Å². The first-order valence-electron chi connectivity index (χ1n) is 7.55. The molecule has 0 aliphatic carbocycles. The Labute approximate surface area is 137 Å². The van der Waals surface area contributed by atoms with Gasteiger partial charge in [-0.2, -0.15) is 0 Å². The molecule has 1 atom stereocenters. The maximum atomic E-state index is 13.7. The van der Waals surface area contributed by atoms with Crippen LogP contribution in [0.15, 0.2) is 18.2 Å². The summed E-state index contributed by atoms with van der Waals surface area (Å²) >= 11 is 0. The quantitative estimate of drug-likeness (QED) is 0.831. The van der Waals surface area contributed by atoms with Crippen molar-refractivity contribution in [3.05, 3.63) is 29.6 Å². The number of carbonyl (C=O) groups is 1. The molecule has 0 fully saturated rings. The van der Waals surface area contributed by atoms with Gasteiger partial charge in [-0.05, 0) is 45.5 Å². The minimum absolute atomic E-state index is 0.0898. The van der Waals surface area contributed by atoms with E-state index in [1.54, 1.807) is 56.8 Å². The first kappa shape index (κ1) is 19.4. The zero-order valence-corrected chi connectivity index (χ0v) is 14.8. The summed E-state index contributed by atoms with van der Waals surface area (Å²) in [5.41, 5.74) is -0.183. The fourth-order valence-corrected chi connectivity index (χ4v) is 2.41. The molecule has 1 aromatic carbocycles. The van der Waals surface area contributed by atoms with Crippen LogP contribution in [0.4, 0.5) is 4.39 Å². The maximum absolute atomic E-state index is 13.7. The molecular weight excluding hydrogens is 299 g/mol. The van der Waals surface area contributed by atoms with Gasteiger partial charge in [-0.25, -0.2) is 4.39 Å². The zero-order valence-electron chi connectivity index (χ0n) is 14.8.